The highest BCUT2D eigenvalue weighted by Gasteiger charge is 2.55. The van der Waals surface area contributed by atoms with Crippen LogP contribution in [0.1, 0.15) is 46.9 Å². The summed E-state index contributed by atoms with van der Waals surface area (Å²) in [5.74, 6) is 0. The van der Waals surface area contributed by atoms with Gasteiger partial charge in [-0.2, -0.15) is 0 Å². The summed E-state index contributed by atoms with van der Waals surface area (Å²) in [7, 11) is 0. The fraction of sp³-hybridized carbons (Fsp3) is 0.385. The molecule has 8 rings (SSSR count). The van der Waals surface area contributed by atoms with E-state index < -0.39 is 67.7 Å². The molecule has 332 valence electrons. The first-order chi connectivity index (χ1) is 31.1. The molecular weight excluding hydrogens is 801 g/mol. The molecule has 3 fully saturated rings. The molecule has 3 saturated heterocycles. The van der Waals surface area contributed by atoms with Gasteiger partial charge in [0.15, 0.2) is 18.9 Å². The Labute approximate surface area is 370 Å². The lowest BCUT2D eigenvalue weighted by atomic mass is 9.95. The van der Waals surface area contributed by atoms with E-state index in [9.17, 15) is 5.11 Å². The molecule has 0 aromatic heterocycles. The summed E-state index contributed by atoms with van der Waals surface area (Å²) in [6.45, 7) is 5.61. The summed E-state index contributed by atoms with van der Waals surface area (Å²) in [6, 6.07) is 49.5. The third-order valence-electron chi connectivity index (χ3n) is 11.3. The van der Waals surface area contributed by atoms with Crippen LogP contribution in [0, 0.1) is 0 Å². The van der Waals surface area contributed by atoms with E-state index in [4.69, 9.17) is 47.4 Å². The number of ether oxygens (including phenoxy) is 10. The van der Waals surface area contributed by atoms with E-state index in [2.05, 4.69) is 6.58 Å². The van der Waals surface area contributed by atoms with Gasteiger partial charge >= 0.3 is 0 Å². The van der Waals surface area contributed by atoms with E-state index in [1.165, 1.54) is 0 Å². The number of fused-ring (bicyclic) bond motifs is 1. The predicted octanol–water partition coefficient (Wildman–Crippen LogP) is 8.25. The summed E-state index contributed by atoms with van der Waals surface area (Å²) in [5, 5.41) is 12.2. The smallest absolute Gasteiger partial charge is 0.187 e. The van der Waals surface area contributed by atoms with Crippen LogP contribution in [0.4, 0.5) is 0 Å². The Kier molecular flexibility index (Phi) is 16.7. The van der Waals surface area contributed by atoms with Gasteiger partial charge in [-0.1, -0.05) is 158 Å². The molecule has 3 aliphatic heterocycles. The molecular formula is C52H58O11. The second kappa shape index (κ2) is 23.4. The number of allylic oxidation sites excluding steroid dienone is 1. The highest BCUT2D eigenvalue weighted by atomic mass is 16.8. The summed E-state index contributed by atoms with van der Waals surface area (Å²) >= 11 is 0. The van der Waals surface area contributed by atoms with Gasteiger partial charge in [0.2, 0.25) is 0 Å². The van der Waals surface area contributed by atoms with Crippen molar-refractivity contribution in [2.45, 2.75) is 107 Å². The zero-order valence-corrected chi connectivity index (χ0v) is 35.5. The number of aliphatic hydroxyl groups is 1. The molecule has 0 saturated carbocycles. The molecule has 1 N–H and O–H groups in total. The average molecular weight is 859 g/mol. The number of hydrogen-bond acceptors (Lipinski definition) is 11. The maximum Gasteiger partial charge on any atom is 0.187 e. The zero-order valence-electron chi connectivity index (χ0n) is 35.5. The van der Waals surface area contributed by atoms with Gasteiger partial charge in [-0.05, 0) is 35.1 Å². The molecule has 11 heteroatoms. The largest absolute Gasteiger partial charge is 0.385 e. The third-order valence-corrected chi connectivity index (χ3v) is 11.3. The molecule has 3 aliphatic rings. The predicted molar refractivity (Wildman–Crippen MR) is 235 cm³/mol. The van der Waals surface area contributed by atoms with Crippen molar-refractivity contribution in [3.05, 3.63) is 192 Å². The number of hydrogen-bond donors (Lipinski definition) is 1. The summed E-state index contributed by atoms with van der Waals surface area (Å²) in [6.07, 6.45) is -6.30. The molecule has 1 unspecified atom stereocenters. The number of unbranched alkanes of at least 4 members (excludes halogenated alkanes) is 1. The minimum absolute atomic E-state index is 0.142. The molecule has 5 aromatic carbocycles. The van der Waals surface area contributed by atoms with Crippen LogP contribution in [-0.2, 0) is 73.8 Å². The van der Waals surface area contributed by atoms with Crippen molar-refractivity contribution in [2.24, 2.45) is 0 Å². The fourth-order valence-electron chi connectivity index (χ4n) is 8.07. The van der Waals surface area contributed by atoms with Gasteiger partial charge in [0.1, 0.15) is 48.8 Å². The van der Waals surface area contributed by atoms with Gasteiger partial charge < -0.3 is 52.5 Å². The summed E-state index contributed by atoms with van der Waals surface area (Å²) < 4.78 is 66.7. The lowest BCUT2D eigenvalue weighted by Crippen LogP contribution is -2.67. The first-order valence-corrected chi connectivity index (χ1v) is 21.9. The molecule has 5 aromatic rings. The van der Waals surface area contributed by atoms with Gasteiger partial charge in [-0.15, -0.1) is 6.58 Å². The van der Waals surface area contributed by atoms with Crippen molar-refractivity contribution in [2.75, 3.05) is 19.8 Å². The quantitative estimate of drug-likeness (QED) is 0.0569. The summed E-state index contributed by atoms with van der Waals surface area (Å²) in [4.78, 5) is 0. The molecule has 0 amide bonds. The Morgan fingerprint density at radius 3 is 1.65 bits per heavy atom. The van der Waals surface area contributed by atoms with E-state index >= 15 is 0 Å². The number of benzene rings is 5. The molecule has 11 atom stereocenters. The topological polar surface area (TPSA) is 113 Å². The van der Waals surface area contributed by atoms with Gasteiger partial charge in [0.05, 0.1) is 46.2 Å². The van der Waals surface area contributed by atoms with Crippen molar-refractivity contribution in [1.29, 1.82) is 0 Å². The van der Waals surface area contributed by atoms with Crippen LogP contribution in [0.15, 0.2) is 164 Å². The SMILES string of the molecule is C=CCCCO[C@@H]1O[C@@H]2COC(c3ccccc3)O[C@@H]2[C@H](O[C@H]2O[C@H](COCc3ccccc3)[C@H](OCc3ccccc3)[C@H](OCc3ccccc3)[C@H]2OCc2ccccc2)[C@H]1O. The van der Waals surface area contributed by atoms with Crippen molar-refractivity contribution in [1.82, 2.24) is 0 Å². The van der Waals surface area contributed by atoms with Crippen LogP contribution in [0.2, 0.25) is 0 Å². The van der Waals surface area contributed by atoms with Crippen molar-refractivity contribution < 1.29 is 52.5 Å². The van der Waals surface area contributed by atoms with Gasteiger partial charge in [-0.25, -0.2) is 0 Å². The van der Waals surface area contributed by atoms with Crippen LogP contribution in [0.5, 0.6) is 0 Å². The third kappa shape index (κ3) is 12.4. The summed E-state index contributed by atoms with van der Waals surface area (Å²) in [5.41, 5.74) is 4.76. The van der Waals surface area contributed by atoms with Gasteiger partial charge in [-0.3, -0.25) is 0 Å². The highest BCUT2D eigenvalue weighted by Crippen LogP contribution is 2.39. The fourth-order valence-corrected chi connectivity index (χ4v) is 8.07. The number of aliphatic hydroxyl groups excluding tert-OH is 1. The van der Waals surface area contributed by atoms with E-state index in [-0.39, 0.29) is 33.0 Å². The molecule has 0 spiro atoms. The molecule has 0 radical (unpaired) electrons. The first kappa shape index (κ1) is 45.0. The van der Waals surface area contributed by atoms with Crippen molar-refractivity contribution in [3.8, 4) is 0 Å². The Morgan fingerprint density at radius 1 is 0.556 bits per heavy atom. The molecule has 63 heavy (non-hydrogen) atoms. The standard InChI is InChI=1S/C52H58O11/c1-2-3-19-30-55-51-44(53)47(46-43(60-51)36-59-50(62-46)41-28-17-8-18-29-41)63-52-49(58-34-40-26-15-7-16-27-40)48(57-33-39-24-13-6-14-25-39)45(56-32-38-22-11-5-12-23-38)42(61-52)35-54-31-37-20-9-4-10-21-37/h2,4-18,20-29,42-53H,1,3,19,30-36H2/t42-,43-,44-,45+,46+,47-,48+,49-,50?,51-,52-/m1/s1. The molecule has 0 aliphatic carbocycles. The Morgan fingerprint density at radius 2 is 1.08 bits per heavy atom. The van der Waals surface area contributed by atoms with Gasteiger partial charge in [0.25, 0.3) is 0 Å². The lowest BCUT2D eigenvalue weighted by Gasteiger charge is -2.51. The monoisotopic (exact) mass is 858 g/mol. The van der Waals surface area contributed by atoms with E-state index in [1.807, 2.05) is 158 Å². The second-order valence-electron chi connectivity index (χ2n) is 15.9. The van der Waals surface area contributed by atoms with Crippen LogP contribution in [0.3, 0.4) is 0 Å². The number of rotatable bonds is 21. The van der Waals surface area contributed by atoms with Crippen LogP contribution < -0.4 is 0 Å². The molecule has 11 nitrogen and oxygen atoms in total. The zero-order chi connectivity index (χ0) is 43.1. The van der Waals surface area contributed by atoms with Crippen molar-refractivity contribution in [3.63, 3.8) is 0 Å². The Balaban J connectivity index is 1.14. The maximum atomic E-state index is 12.2. The Bertz CT molecular complexity index is 2040. The Hall–Kier alpha value is -4.60. The minimum atomic E-state index is -1.29. The minimum Gasteiger partial charge on any atom is -0.385 e. The normalized spacial score (nSPS) is 28.2. The van der Waals surface area contributed by atoms with E-state index in [0.29, 0.717) is 19.6 Å². The van der Waals surface area contributed by atoms with E-state index in [0.717, 1.165) is 34.2 Å². The molecule has 3 heterocycles. The van der Waals surface area contributed by atoms with Gasteiger partial charge in [0, 0.05) is 5.56 Å². The maximum absolute atomic E-state index is 12.2. The van der Waals surface area contributed by atoms with Crippen LogP contribution in [0.25, 0.3) is 0 Å². The second-order valence-corrected chi connectivity index (χ2v) is 15.9. The van der Waals surface area contributed by atoms with E-state index in [1.54, 1.807) is 0 Å². The lowest BCUT2D eigenvalue weighted by molar-refractivity contribution is -0.397. The molecule has 0 bridgehead atoms. The average Bonchev–Trinajstić information content (AvgIpc) is 3.34. The first-order valence-electron chi connectivity index (χ1n) is 21.9. The van der Waals surface area contributed by atoms with Crippen LogP contribution in [-0.4, -0.2) is 86.3 Å². The van der Waals surface area contributed by atoms with Crippen molar-refractivity contribution >= 4 is 0 Å². The highest BCUT2D eigenvalue weighted by molar-refractivity contribution is 5.18. The van der Waals surface area contributed by atoms with Crippen LogP contribution >= 0.6 is 0 Å².